The van der Waals surface area contributed by atoms with Gasteiger partial charge in [-0.3, -0.25) is 4.79 Å². The van der Waals surface area contributed by atoms with Crippen molar-refractivity contribution in [2.75, 3.05) is 11.9 Å². The lowest BCUT2D eigenvalue weighted by Gasteiger charge is -2.45. The van der Waals surface area contributed by atoms with E-state index in [1.807, 2.05) is 6.92 Å². The summed E-state index contributed by atoms with van der Waals surface area (Å²) >= 11 is 0. The first-order valence-corrected chi connectivity index (χ1v) is 27.1. The van der Waals surface area contributed by atoms with E-state index >= 15 is 0 Å². The second-order valence-electron chi connectivity index (χ2n) is 19.1. The largest absolute Gasteiger partial charge is 0.460 e. The first kappa shape index (κ1) is 43.5. The van der Waals surface area contributed by atoms with Crippen molar-refractivity contribution in [3.05, 3.63) is 53.9 Å². The monoisotopic (exact) mass is 757 g/mol. The van der Waals surface area contributed by atoms with E-state index in [0.717, 1.165) is 24.0 Å². The number of carbonyl (C=O) groups excluding carboxylic acids is 1. The minimum Gasteiger partial charge on any atom is -0.460 e. The Morgan fingerprint density at radius 2 is 1.53 bits per heavy atom. The predicted molar refractivity (Wildman–Crippen MR) is 219 cm³/mol. The fourth-order valence-electron chi connectivity index (χ4n) is 7.20. The van der Waals surface area contributed by atoms with Gasteiger partial charge in [0.2, 0.25) is 14.1 Å². The summed E-state index contributed by atoms with van der Waals surface area (Å²) in [5.41, 5.74) is 3.47. The molecule has 1 fully saturated rings. The van der Waals surface area contributed by atoms with Crippen molar-refractivity contribution in [1.29, 1.82) is 0 Å². The highest BCUT2D eigenvalue weighted by Gasteiger charge is 2.50. The average Bonchev–Trinajstić information content (AvgIpc) is 3.63. The highest BCUT2D eigenvalue weighted by Crippen LogP contribution is 2.47. The highest BCUT2D eigenvalue weighted by atomic mass is 28.4. The fourth-order valence-corrected chi connectivity index (χ4v) is 15.2. The van der Waals surface area contributed by atoms with Crippen molar-refractivity contribution in [1.82, 2.24) is 9.97 Å². The van der Waals surface area contributed by atoms with Gasteiger partial charge < -0.3 is 23.0 Å². The van der Waals surface area contributed by atoms with Crippen molar-refractivity contribution < 1.29 is 22.5 Å². The van der Waals surface area contributed by atoms with Crippen LogP contribution in [0, 0.1) is 5.92 Å². The molecule has 288 valence electrons. The Kier molecular flexibility index (Phi) is 13.8. The molecule has 8 nitrogen and oxygen atoms in total. The summed E-state index contributed by atoms with van der Waals surface area (Å²) < 4.78 is 27.0. The van der Waals surface area contributed by atoms with E-state index in [1.165, 1.54) is 6.33 Å². The molecule has 1 aliphatic carbocycles. The van der Waals surface area contributed by atoms with Gasteiger partial charge in [-0.2, -0.15) is 0 Å². The van der Waals surface area contributed by atoms with Gasteiger partial charge >= 0.3 is 0 Å². The molecule has 1 saturated carbocycles. The summed E-state index contributed by atoms with van der Waals surface area (Å²) in [5, 5.41) is 3.80. The Hall–Kier alpha value is -1.90. The van der Waals surface area contributed by atoms with Crippen LogP contribution >= 0.6 is 0 Å². The van der Waals surface area contributed by atoms with Crippen molar-refractivity contribution >= 4 is 36.6 Å². The third-order valence-corrected chi connectivity index (χ3v) is 27.3. The molecular weight excluding hydrogens is 687 g/mol. The number of aromatic nitrogens is 2. The van der Waals surface area contributed by atoms with E-state index in [2.05, 4.69) is 131 Å². The summed E-state index contributed by atoms with van der Waals surface area (Å²) in [5.74, 6) is 0.694. The molecular formula is C40H71N3O5Si3. The molecule has 2 aromatic heterocycles. The smallest absolute Gasteiger partial charge is 0.233 e. The van der Waals surface area contributed by atoms with Gasteiger partial charge in [-0.05, 0) is 84.3 Å². The third kappa shape index (κ3) is 9.81. The Labute approximate surface area is 313 Å². The standard InChI is InChI=1S/C40H71N3O5Si3/c1-26(2)37(48-50(17,18)40(12,13)14)31-20-35(45-23-31)36(44)33-22-41-25-42-38(33)43-32-19-30(24-46-49(15,16)39(9,10)11)34(21-32)47-51(27(3)4,28(5)6)29(7)8/h20,22-23,25,27-30,32,34,37H,1,19,21,24H2,2-18H3,(H,41,42,43)/t30-,32-,34+,37+/m1/s1. The molecule has 3 rings (SSSR count). The number of furan rings is 1. The molecule has 2 aromatic rings. The first-order valence-electron chi connectivity index (χ1n) is 19.1. The highest BCUT2D eigenvalue weighted by molar-refractivity contribution is 6.77. The first-order chi connectivity index (χ1) is 23.2. The maximum absolute atomic E-state index is 14.0. The second-order valence-corrected chi connectivity index (χ2v) is 34.1. The zero-order valence-corrected chi connectivity index (χ0v) is 38.1. The summed E-state index contributed by atoms with van der Waals surface area (Å²) in [7, 11) is -6.26. The average molecular weight is 758 g/mol. The topological polar surface area (TPSA) is 95.7 Å². The zero-order valence-electron chi connectivity index (χ0n) is 35.1. The number of carbonyl (C=O) groups is 1. The van der Waals surface area contributed by atoms with Crippen LogP contribution in [0.2, 0.25) is 52.9 Å². The molecule has 0 aromatic carbocycles. The summed E-state index contributed by atoms with van der Waals surface area (Å²) in [6.45, 7) is 43.5. The van der Waals surface area contributed by atoms with Gasteiger partial charge in [0, 0.05) is 30.3 Å². The summed E-state index contributed by atoms with van der Waals surface area (Å²) in [6, 6.07) is 1.84. The minimum absolute atomic E-state index is 0.0211. The van der Waals surface area contributed by atoms with Crippen LogP contribution in [0.25, 0.3) is 0 Å². The van der Waals surface area contributed by atoms with Gasteiger partial charge in [-0.15, -0.1) is 0 Å². The number of rotatable bonds is 16. The molecule has 0 unspecified atom stereocenters. The van der Waals surface area contributed by atoms with Crippen LogP contribution in [0.15, 0.2) is 41.4 Å². The molecule has 0 saturated heterocycles. The van der Waals surface area contributed by atoms with Gasteiger partial charge in [0.25, 0.3) is 0 Å². The number of nitrogens with zero attached hydrogens (tertiary/aromatic N) is 2. The van der Waals surface area contributed by atoms with Crippen LogP contribution in [0.1, 0.15) is 131 Å². The van der Waals surface area contributed by atoms with Crippen LogP contribution in [0.3, 0.4) is 0 Å². The number of ketones is 1. The molecule has 0 radical (unpaired) electrons. The van der Waals surface area contributed by atoms with E-state index in [9.17, 15) is 4.79 Å². The molecule has 1 N–H and O–H groups in total. The van der Waals surface area contributed by atoms with Crippen molar-refractivity contribution in [2.45, 2.75) is 174 Å². The molecule has 0 bridgehead atoms. The van der Waals surface area contributed by atoms with E-state index < -0.39 is 25.0 Å². The van der Waals surface area contributed by atoms with Crippen molar-refractivity contribution in [2.24, 2.45) is 5.92 Å². The lowest BCUT2D eigenvalue weighted by molar-refractivity contribution is 0.0971. The van der Waals surface area contributed by atoms with Crippen LogP contribution in [0.5, 0.6) is 0 Å². The van der Waals surface area contributed by atoms with Crippen LogP contribution < -0.4 is 5.32 Å². The van der Waals surface area contributed by atoms with E-state index in [-0.39, 0.29) is 45.8 Å². The quantitative estimate of drug-likeness (QED) is 0.103. The van der Waals surface area contributed by atoms with Crippen LogP contribution in [-0.2, 0) is 13.3 Å². The lowest BCUT2D eigenvalue weighted by atomic mass is 10.1. The molecule has 11 heteroatoms. The molecule has 0 amide bonds. The minimum atomic E-state index is -2.16. The van der Waals surface area contributed by atoms with Crippen molar-refractivity contribution in [3.63, 3.8) is 0 Å². The van der Waals surface area contributed by atoms with Crippen LogP contribution in [-0.4, -0.2) is 59.5 Å². The Balaban J connectivity index is 1.91. The van der Waals surface area contributed by atoms with Gasteiger partial charge in [-0.1, -0.05) is 89.7 Å². The molecule has 1 aliphatic rings. The van der Waals surface area contributed by atoms with Gasteiger partial charge in [-0.25, -0.2) is 9.97 Å². The maximum Gasteiger partial charge on any atom is 0.233 e. The summed E-state index contributed by atoms with van der Waals surface area (Å²) in [6.07, 6.45) is 6.08. The predicted octanol–water partition coefficient (Wildman–Crippen LogP) is 11.7. The normalized spacial score (nSPS) is 20.0. The molecule has 2 heterocycles. The SMILES string of the molecule is C=C(C)[C@H](O[Si](C)(C)C(C)(C)C)c1coc(C(=O)c2cncnc2N[C@@H]2C[C@H](CO[Si](C)(C)C(C)(C)C)[C@@H](O[Si](C(C)C)(C(C)C)C(C)C)C2)c1. The molecule has 0 aliphatic heterocycles. The molecule has 0 spiro atoms. The maximum atomic E-state index is 14.0. The Bertz CT molecular complexity index is 1470. The van der Waals surface area contributed by atoms with Gasteiger partial charge in [0.05, 0.1) is 24.0 Å². The van der Waals surface area contributed by atoms with E-state index in [1.54, 1.807) is 18.5 Å². The van der Waals surface area contributed by atoms with Crippen molar-refractivity contribution in [3.8, 4) is 0 Å². The number of anilines is 1. The number of hydrogen-bond acceptors (Lipinski definition) is 8. The van der Waals surface area contributed by atoms with Gasteiger partial charge in [0.1, 0.15) is 12.1 Å². The number of nitrogens with one attached hydrogen (secondary N) is 1. The zero-order chi connectivity index (χ0) is 38.9. The summed E-state index contributed by atoms with van der Waals surface area (Å²) in [4.78, 5) is 22.9. The number of hydrogen-bond donors (Lipinski definition) is 1. The third-order valence-electron chi connectivity index (χ3n) is 12.3. The Morgan fingerprint density at radius 1 is 0.961 bits per heavy atom. The Morgan fingerprint density at radius 3 is 2.04 bits per heavy atom. The van der Waals surface area contributed by atoms with Gasteiger partial charge in [0.15, 0.2) is 22.4 Å². The molecule has 4 atom stereocenters. The molecule has 51 heavy (non-hydrogen) atoms. The van der Waals surface area contributed by atoms with E-state index in [0.29, 0.717) is 34.6 Å². The van der Waals surface area contributed by atoms with E-state index in [4.69, 9.17) is 17.7 Å². The second kappa shape index (κ2) is 16.2. The fraction of sp³-hybridized carbons (Fsp3) is 0.725. The van der Waals surface area contributed by atoms with Crippen LogP contribution in [0.4, 0.5) is 5.82 Å². The lowest BCUT2D eigenvalue weighted by Crippen LogP contribution is -2.51.